The van der Waals surface area contributed by atoms with Crippen molar-refractivity contribution in [3.05, 3.63) is 100 Å². The molecule has 5 nitrogen and oxygen atoms in total. The summed E-state index contributed by atoms with van der Waals surface area (Å²) in [7, 11) is -3.84. The second-order valence-electron chi connectivity index (χ2n) is 9.21. The molecule has 1 atom stereocenters. The van der Waals surface area contributed by atoms with Gasteiger partial charge in [0.15, 0.2) is 0 Å². The Labute approximate surface area is 209 Å². The molecule has 0 N–H and O–H groups in total. The number of sulfonamides is 1. The molecule has 178 valence electrons. The third kappa shape index (κ3) is 4.07. The summed E-state index contributed by atoms with van der Waals surface area (Å²) in [5.41, 5.74) is 2.20. The quantitative estimate of drug-likeness (QED) is 0.363. The fraction of sp³-hybridized carbons (Fsp3) is 0.250. The van der Waals surface area contributed by atoms with Gasteiger partial charge in [-0.05, 0) is 53.3 Å². The molecule has 1 saturated carbocycles. The highest BCUT2D eigenvalue weighted by molar-refractivity contribution is 7.89. The first-order valence-electron chi connectivity index (χ1n) is 11.9. The van der Waals surface area contributed by atoms with Crippen molar-refractivity contribution in [1.82, 2.24) is 9.21 Å². The van der Waals surface area contributed by atoms with E-state index in [1.54, 1.807) is 23.5 Å². The number of hydrogen-bond acceptors (Lipinski definition) is 4. The standard InChI is InChI=1S/C28H26N2O3S2/c31-27(29-17-15-25-24(16-18-34-25)28(29)21-8-2-1-3-9-21)19-30(22-13-14-22)35(32,33)26-12-6-10-20-7-4-5-11-23(20)26/h1-12,16,18,22,28H,13-15,17,19H2/t28-/m0/s1. The molecule has 1 aliphatic carbocycles. The van der Waals surface area contributed by atoms with Crippen molar-refractivity contribution in [3.8, 4) is 0 Å². The van der Waals surface area contributed by atoms with Crippen LogP contribution in [0.25, 0.3) is 10.8 Å². The molecule has 1 amide bonds. The molecule has 0 radical (unpaired) electrons. The number of rotatable bonds is 6. The van der Waals surface area contributed by atoms with E-state index in [0.29, 0.717) is 11.9 Å². The lowest BCUT2D eigenvalue weighted by molar-refractivity contribution is -0.133. The maximum atomic E-state index is 13.9. The molecule has 4 aromatic rings. The van der Waals surface area contributed by atoms with Crippen LogP contribution >= 0.6 is 11.3 Å². The van der Waals surface area contributed by atoms with E-state index in [4.69, 9.17) is 0 Å². The van der Waals surface area contributed by atoms with E-state index < -0.39 is 10.0 Å². The van der Waals surface area contributed by atoms with Gasteiger partial charge >= 0.3 is 0 Å². The van der Waals surface area contributed by atoms with Crippen LogP contribution in [0.5, 0.6) is 0 Å². The highest BCUT2D eigenvalue weighted by atomic mass is 32.2. The second kappa shape index (κ2) is 8.90. The van der Waals surface area contributed by atoms with Gasteiger partial charge in [0.1, 0.15) is 0 Å². The van der Waals surface area contributed by atoms with Gasteiger partial charge in [-0.25, -0.2) is 8.42 Å². The maximum Gasteiger partial charge on any atom is 0.244 e. The van der Waals surface area contributed by atoms with Crippen LogP contribution < -0.4 is 0 Å². The minimum atomic E-state index is -3.84. The molecule has 0 spiro atoms. The van der Waals surface area contributed by atoms with Crippen molar-refractivity contribution in [1.29, 1.82) is 0 Å². The van der Waals surface area contributed by atoms with Crippen LogP contribution in [0.15, 0.2) is 89.1 Å². The smallest absolute Gasteiger partial charge is 0.244 e. The summed E-state index contributed by atoms with van der Waals surface area (Å²) < 4.78 is 29.3. The molecular formula is C28H26N2O3S2. The molecule has 2 aliphatic rings. The summed E-state index contributed by atoms with van der Waals surface area (Å²) in [6.07, 6.45) is 2.36. The van der Waals surface area contributed by atoms with Gasteiger partial charge < -0.3 is 4.90 Å². The summed E-state index contributed by atoms with van der Waals surface area (Å²) in [5, 5.41) is 3.65. The molecule has 0 saturated heterocycles. The Kier molecular flexibility index (Phi) is 5.71. The molecule has 0 bridgehead atoms. The lowest BCUT2D eigenvalue weighted by Crippen LogP contribution is -2.47. The number of nitrogens with zero attached hydrogens (tertiary/aromatic N) is 2. The molecule has 2 heterocycles. The van der Waals surface area contributed by atoms with E-state index >= 15 is 0 Å². The number of thiophene rings is 1. The molecule has 7 heteroatoms. The first-order chi connectivity index (χ1) is 17.0. The first kappa shape index (κ1) is 22.5. The van der Waals surface area contributed by atoms with E-state index in [1.165, 1.54) is 9.18 Å². The van der Waals surface area contributed by atoms with Crippen molar-refractivity contribution >= 4 is 38.0 Å². The fourth-order valence-corrected chi connectivity index (χ4v) is 7.88. The number of benzene rings is 3. The Morgan fingerprint density at radius 3 is 2.49 bits per heavy atom. The number of fused-ring (bicyclic) bond motifs is 2. The van der Waals surface area contributed by atoms with E-state index in [1.807, 2.05) is 65.6 Å². The summed E-state index contributed by atoms with van der Waals surface area (Å²) in [6.45, 7) is 0.442. The third-order valence-corrected chi connectivity index (χ3v) is 9.94. The molecule has 0 unspecified atom stereocenters. The average molecular weight is 503 g/mol. The predicted molar refractivity (Wildman–Crippen MR) is 139 cm³/mol. The van der Waals surface area contributed by atoms with Crippen LogP contribution in [0.2, 0.25) is 0 Å². The van der Waals surface area contributed by atoms with Gasteiger partial charge in [-0.1, -0.05) is 66.7 Å². The molecule has 1 aliphatic heterocycles. The van der Waals surface area contributed by atoms with E-state index in [0.717, 1.165) is 35.8 Å². The Morgan fingerprint density at radius 1 is 0.943 bits per heavy atom. The van der Waals surface area contributed by atoms with Gasteiger partial charge in [0, 0.05) is 22.8 Å². The monoisotopic (exact) mass is 502 g/mol. The lowest BCUT2D eigenvalue weighted by Gasteiger charge is -2.37. The Bertz CT molecular complexity index is 1490. The molecule has 1 fully saturated rings. The Balaban J connectivity index is 1.35. The fourth-order valence-electron chi connectivity index (χ4n) is 5.12. The van der Waals surface area contributed by atoms with E-state index in [2.05, 4.69) is 11.4 Å². The largest absolute Gasteiger partial charge is 0.330 e. The second-order valence-corrected chi connectivity index (χ2v) is 12.1. The zero-order valence-corrected chi connectivity index (χ0v) is 20.8. The minimum absolute atomic E-state index is 0.125. The maximum absolute atomic E-state index is 13.9. The van der Waals surface area contributed by atoms with Gasteiger partial charge in [-0.3, -0.25) is 4.79 Å². The van der Waals surface area contributed by atoms with Crippen LogP contribution in [0, 0.1) is 0 Å². The third-order valence-electron chi connectivity index (χ3n) is 6.98. The molecule has 35 heavy (non-hydrogen) atoms. The summed E-state index contributed by atoms with van der Waals surface area (Å²) >= 11 is 1.72. The van der Waals surface area contributed by atoms with Gasteiger partial charge in [0.2, 0.25) is 15.9 Å². The summed E-state index contributed by atoms with van der Waals surface area (Å²) in [6, 6.07) is 24.7. The van der Waals surface area contributed by atoms with Crippen LogP contribution in [0.3, 0.4) is 0 Å². The highest BCUT2D eigenvalue weighted by Crippen LogP contribution is 2.39. The van der Waals surface area contributed by atoms with Crippen molar-refractivity contribution in [2.45, 2.75) is 36.2 Å². The van der Waals surface area contributed by atoms with Gasteiger partial charge in [-0.2, -0.15) is 4.31 Å². The Morgan fingerprint density at radius 2 is 1.69 bits per heavy atom. The van der Waals surface area contributed by atoms with Crippen LogP contribution in [0.1, 0.15) is 34.9 Å². The number of hydrogen-bond donors (Lipinski definition) is 0. The zero-order valence-electron chi connectivity index (χ0n) is 19.2. The van der Waals surface area contributed by atoms with Crippen LogP contribution in [-0.2, 0) is 21.2 Å². The normalized spacial score (nSPS) is 18.1. The van der Waals surface area contributed by atoms with E-state index in [9.17, 15) is 13.2 Å². The topological polar surface area (TPSA) is 57.7 Å². The number of amides is 1. The average Bonchev–Trinajstić information content (AvgIpc) is 3.61. The zero-order chi connectivity index (χ0) is 24.0. The van der Waals surface area contributed by atoms with Crippen LogP contribution in [0.4, 0.5) is 0 Å². The van der Waals surface area contributed by atoms with Crippen molar-refractivity contribution in [3.63, 3.8) is 0 Å². The minimum Gasteiger partial charge on any atom is -0.330 e. The highest BCUT2D eigenvalue weighted by Gasteiger charge is 2.42. The molecule has 6 rings (SSSR count). The lowest BCUT2D eigenvalue weighted by atomic mass is 9.93. The van der Waals surface area contributed by atoms with Crippen molar-refractivity contribution < 1.29 is 13.2 Å². The number of carbonyl (C=O) groups excluding carboxylic acids is 1. The SMILES string of the molecule is O=C(CN(C1CC1)S(=O)(=O)c1cccc2ccccc12)N1CCc2sccc2[C@@H]1c1ccccc1. The summed E-state index contributed by atoms with van der Waals surface area (Å²) in [4.78, 5) is 17.3. The van der Waals surface area contributed by atoms with Gasteiger partial charge in [-0.15, -0.1) is 11.3 Å². The molecular weight excluding hydrogens is 476 g/mol. The van der Waals surface area contributed by atoms with Gasteiger partial charge in [0.25, 0.3) is 0 Å². The van der Waals surface area contributed by atoms with Crippen molar-refractivity contribution in [2.75, 3.05) is 13.1 Å². The molecule has 1 aromatic heterocycles. The molecule has 3 aromatic carbocycles. The van der Waals surface area contributed by atoms with E-state index in [-0.39, 0.29) is 29.4 Å². The number of carbonyl (C=O) groups is 1. The first-order valence-corrected chi connectivity index (χ1v) is 14.3. The summed E-state index contributed by atoms with van der Waals surface area (Å²) in [5.74, 6) is -0.147. The Hall–Kier alpha value is -3.00. The van der Waals surface area contributed by atoms with Crippen LogP contribution in [-0.4, -0.2) is 42.7 Å². The van der Waals surface area contributed by atoms with Crippen molar-refractivity contribution in [2.24, 2.45) is 0 Å². The predicted octanol–water partition coefficient (Wildman–Crippen LogP) is 5.23. The van der Waals surface area contributed by atoms with Gasteiger partial charge in [0.05, 0.1) is 17.5 Å².